The second kappa shape index (κ2) is 12.6. The van der Waals surface area contributed by atoms with Gasteiger partial charge in [0.05, 0.1) is 6.42 Å². The number of nitrogens with zero attached hydrogens (tertiary/aromatic N) is 2. The Morgan fingerprint density at radius 2 is 1.73 bits per heavy atom. The number of Topliss-reactive ketones (excluding diaryl/α,β-unsaturated/α-hetero) is 1. The van der Waals surface area contributed by atoms with Crippen LogP contribution in [-0.4, -0.2) is 40.4 Å². The highest BCUT2D eigenvalue weighted by Gasteiger charge is 2.24. The molecule has 0 atom stereocenters. The molecule has 0 aliphatic carbocycles. The molecule has 0 radical (unpaired) electrons. The minimum Gasteiger partial charge on any atom is -0.458 e. The molecule has 10 heteroatoms. The van der Waals surface area contributed by atoms with Crippen molar-refractivity contribution >= 4 is 29.2 Å². The lowest BCUT2D eigenvalue weighted by Gasteiger charge is -2.24. The summed E-state index contributed by atoms with van der Waals surface area (Å²) in [4.78, 5) is 63.6. The topological polar surface area (TPSA) is 145 Å². The summed E-state index contributed by atoms with van der Waals surface area (Å²) < 4.78 is 6.02. The van der Waals surface area contributed by atoms with Gasteiger partial charge in [0.25, 0.3) is 5.56 Å². The molecule has 0 bridgehead atoms. The third-order valence-electron chi connectivity index (χ3n) is 4.49. The van der Waals surface area contributed by atoms with E-state index in [1.165, 1.54) is 16.4 Å². The third kappa shape index (κ3) is 7.49. The van der Waals surface area contributed by atoms with Gasteiger partial charge in [-0.2, -0.15) is 0 Å². The number of carbonyl (C=O) groups is 3. The molecule has 0 saturated heterocycles. The number of H-pyrrole nitrogens is 1. The largest absolute Gasteiger partial charge is 0.458 e. The summed E-state index contributed by atoms with van der Waals surface area (Å²) >= 11 is 0. The van der Waals surface area contributed by atoms with Crippen molar-refractivity contribution in [3.63, 3.8) is 0 Å². The third-order valence-corrected chi connectivity index (χ3v) is 4.49. The summed E-state index contributed by atoms with van der Waals surface area (Å²) in [6.45, 7) is 5.45. The predicted octanol–water partition coefficient (Wildman–Crippen LogP) is 1.35. The van der Waals surface area contributed by atoms with Gasteiger partial charge in [0.15, 0.2) is 11.5 Å². The van der Waals surface area contributed by atoms with Crippen molar-refractivity contribution in [3.05, 3.63) is 20.8 Å². The number of aromatic amines is 1. The summed E-state index contributed by atoms with van der Waals surface area (Å²) in [6, 6.07) is 0. The first-order chi connectivity index (χ1) is 14.2. The smallest absolute Gasteiger partial charge is 0.330 e. The van der Waals surface area contributed by atoms with E-state index in [0.717, 1.165) is 19.3 Å². The van der Waals surface area contributed by atoms with Crippen LogP contribution in [0.15, 0.2) is 9.59 Å². The van der Waals surface area contributed by atoms with Crippen molar-refractivity contribution < 1.29 is 19.1 Å². The van der Waals surface area contributed by atoms with Crippen molar-refractivity contribution in [3.8, 4) is 0 Å². The first-order valence-corrected chi connectivity index (χ1v) is 10.3. The Labute approximate surface area is 175 Å². The number of ketones is 1. The summed E-state index contributed by atoms with van der Waals surface area (Å²) in [5.74, 6) is -1.53. The minimum atomic E-state index is -0.741. The Balaban J connectivity index is 3.14. The van der Waals surface area contributed by atoms with Crippen molar-refractivity contribution in [1.29, 1.82) is 0 Å². The molecule has 1 rings (SSSR count). The SMILES string of the molecule is CCCCCN(C(=O)CCC(=O)OCC(C)=O)c1c(N)n(CCCC)c(=O)[nH]c1=O. The quantitative estimate of drug-likeness (QED) is 0.359. The van der Waals surface area contributed by atoms with Gasteiger partial charge >= 0.3 is 11.7 Å². The van der Waals surface area contributed by atoms with E-state index in [4.69, 9.17) is 10.5 Å². The molecule has 168 valence electrons. The molecule has 0 fully saturated rings. The average molecular weight is 424 g/mol. The van der Waals surface area contributed by atoms with Gasteiger partial charge in [0.2, 0.25) is 5.91 Å². The summed E-state index contributed by atoms with van der Waals surface area (Å²) in [5.41, 5.74) is 4.68. The van der Waals surface area contributed by atoms with Gasteiger partial charge in [-0.05, 0) is 19.8 Å². The highest BCUT2D eigenvalue weighted by Crippen LogP contribution is 2.19. The Morgan fingerprint density at radius 1 is 1.07 bits per heavy atom. The van der Waals surface area contributed by atoms with Crippen LogP contribution < -0.4 is 21.9 Å². The van der Waals surface area contributed by atoms with E-state index in [9.17, 15) is 24.0 Å². The van der Waals surface area contributed by atoms with Gasteiger partial charge in [-0.25, -0.2) is 4.79 Å². The molecule has 0 aliphatic heterocycles. The van der Waals surface area contributed by atoms with Crippen LogP contribution in [0.25, 0.3) is 0 Å². The zero-order valence-corrected chi connectivity index (χ0v) is 18.0. The number of nitrogen functional groups attached to an aromatic ring is 1. The molecule has 1 aromatic heterocycles. The number of amides is 1. The Morgan fingerprint density at radius 3 is 2.33 bits per heavy atom. The molecule has 30 heavy (non-hydrogen) atoms. The van der Waals surface area contributed by atoms with Gasteiger partial charge in [-0.15, -0.1) is 0 Å². The van der Waals surface area contributed by atoms with Crippen LogP contribution in [0.1, 0.15) is 65.7 Å². The number of anilines is 2. The summed E-state index contributed by atoms with van der Waals surface area (Å²) in [6.07, 6.45) is 3.42. The molecule has 3 N–H and O–H groups in total. The number of nitrogens with one attached hydrogen (secondary N) is 1. The molecule has 0 aliphatic rings. The number of hydrogen-bond acceptors (Lipinski definition) is 7. The lowest BCUT2D eigenvalue weighted by atomic mass is 10.2. The zero-order chi connectivity index (χ0) is 22.7. The van der Waals surface area contributed by atoms with Crippen LogP contribution in [0, 0.1) is 0 Å². The van der Waals surface area contributed by atoms with Gasteiger partial charge in [-0.3, -0.25) is 28.7 Å². The normalized spacial score (nSPS) is 10.6. The molecular formula is C20H32N4O6. The van der Waals surface area contributed by atoms with Crippen LogP contribution in [0.2, 0.25) is 0 Å². The fraction of sp³-hybridized carbons (Fsp3) is 0.650. The zero-order valence-electron chi connectivity index (χ0n) is 18.0. The maximum Gasteiger partial charge on any atom is 0.330 e. The Kier molecular flexibility index (Phi) is 10.6. The van der Waals surface area contributed by atoms with E-state index in [2.05, 4.69) is 4.98 Å². The first kappa shape index (κ1) is 25.1. The molecule has 1 aromatic rings. The van der Waals surface area contributed by atoms with Gasteiger partial charge in [0, 0.05) is 19.5 Å². The number of esters is 1. The molecule has 0 unspecified atom stereocenters. The predicted molar refractivity (Wildman–Crippen MR) is 113 cm³/mol. The molecule has 1 amide bonds. The van der Waals surface area contributed by atoms with Crippen LogP contribution in [0.5, 0.6) is 0 Å². The number of rotatable bonds is 13. The van der Waals surface area contributed by atoms with Gasteiger partial charge in [-0.1, -0.05) is 33.1 Å². The van der Waals surface area contributed by atoms with E-state index in [-0.39, 0.29) is 43.3 Å². The fourth-order valence-electron chi connectivity index (χ4n) is 2.86. The van der Waals surface area contributed by atoms with Crippen molar-refractivity contribution in [2.45, 2.75) is 72.3 Å². The number of ether oxygens (including phenoxy) is 1. The number of nitrogens with two attached hydrogens (primary N) is 1. The number of aromatic nitrogens is 2. The van der Waals surface area contributed by atoms with E-state index >= 15 is 0 Å². The lowest BCUT2D eigenvalue weighted by molar-refractivity contribution is -0.148. The number of hydrogen-bond donors (Lipinski definition) is 2. The summed E-state index contributed by atoms with van der Waals surface area (Å²) in [5, 5.41) is 0. The molecule has 0 spiro atoms. The van der Waals surface area contributed by atoms with Gasteiger partial charge in [0.1, 0.15) is 12.4 Å². The van der Waals surface area contributed by atoms with E-state index in [1.54, 1.807) is 0 Å². The summed E-state index contributed by atoms with van der Waals surface area (Å²) in [7, 11) is 0. The molecular weight excluding hydrogens is 392 g/mol. The maximum absolute atomic E-state index is 12.9. The van der Waals surface area contributed by atoms with Crippen LogP contribution in [0.4, 0.5) is 11.5 Å². The highest BCUT2D eigenvalue weighted by molar-refractivity contribution is 5.97. The monoisotopic (exact) mass is 424 g/mol. The Bertz CT molecular complexity index is 858. The highest BCUT2D eigenvalue weighted by atomic mass is 16.5. The maximum atomic E-state index is 12.9. The van der Waals surface area contributed by atoms with Crippen molar-refractivity contribution in [2.24, 2.45) is 0 Å². The molecule has 10 nitrogen and oxygen atoms in total. The van der Waals surface area contributed by atoms with E-state index in [0.29, 0.717) is 19.4 Å². The fourth-order valence-corrected chi connectivity index (χ4v) is 2.86. The number of unbranched alkanes of at least 4 members (excludes halogenated alkanes) is 3. The minimum absolute atomic E-state index is 0.0683. The second-order valence-corrected chi connectivity index (χ2v) is 7.11. The van der Waals surface area contributed by atoms with E-state index in [1.807, 2.05) is 13.8 Å². The standard InChI is InChI=1S/C20H32N4O6/c1-4-6-8-12-23(15(26)9-10-16(27)30-13-14(3)25)17-18(21)24(11-7-5-2)20(29)22-19(17)28/h4-13,21H2,1-3H3,(H,22,28,29). The average Bonchev–Trinajstić information content (AvgIpc) is 2.69. The molecule has 1 heterocycles. The molecule has 0 saturated carbocycles. The van der Waals surface area contributed by atoms with Crippen LogP contribution in [0.3, 0.4) is 0 Å². The Hall–Kier alpha value is -2.91. The van der Waals surface area contributed by atoms with Crippen LogP contribution >= 0.6 is 0 Å². The number of carbonyl (C=O) groups excluding carboxylic acids is 3. The second-order valence-electron chi connectivity index (χ2n) is 7.11. The van der Waals surface area contributed by atoms with Crippen molar-refractivity contribution in [1.82, 2.24) is 9.55 Å². The van der Waals surface area contributed by atoms with Crippen molar-refractivity contribution in [2.75, 3.05) is 23.8 Å². The first-order valence-electron chi connectivity index (χ1n) is 10.3. The lowest BCUT2D eigenvalue weighted by Crippen LogP contribution is -2.41. The van der Waals surface area contributed by atoms with E-state index < -0.39 is 23.1 Å². The molecule has 0 aromatic carbocycles. The van der Waals surface area contributed by atoms with Crippen LogP contribution in [-0.2, 0) is 25.7 Å². The van der Waals surface area contributed by atoms with Gasteiger partial charge < -0.3 is 15.4 Å².